The van der Waals surface area contributed by atoms with Crippen molar-refractivity contribution in [3.63, 3.8) is 0 Å². The lowest BCUT2D eigenvalue weighted by Crippen LogP contribution is -2.63. The molecular formula is C25H30N3O7-. The van der Waals surface area contributed by atoms with Crippen molar-refractivity contribution in [1.29, 1.82) is 0 Å². The number of amides is 1. The van der Waals surface area contributed by atoms with E-state index in [1.54, 1.807) is 19.9 Å². The first-order valence-electron chi connectivity index (χ1n) is 12.3. The minimum Gasteiger partial charge on any atom is -0.762 e. The molecule has 188 valence electrons. The van der Waals surface area contributed by atoms with Crippen molar-refractivity contribution >= 4 is 17.4 Å². The summed E-state index contributed by atoms with van der Waals surface area (Å²) in [7, 11) is 0. The molecule has 1 aromatic carbocycles. The summed E-state index contributed by atoms with van der Waals surface area (Å²) < 4.78 is 5.79. The number of aliphatic hydroxyl groups excluding tert-OH is 1. The smallest absolute Gasteiger partial charge is 0.238 e. The number of ether oxygens (including phenoxy) is 1. The predicted octanol–water partition coefficient (Wildman–Crippen LogP) is 1.14. The normalized spacial score (nSPS) is 44.0. The third-order valence-corrected chi connectivity index (χ3v) is 10.6. The Morgan fingerprint density at radius 2 is 1.91 bits per heavy atom. The lowest BCUT2D eigenvalue weighted by molar-refractivity contribution is -0.182. The number of benzene rings is 1. The summed E-state index contributed by atoms with van der Waals surface area (Å²) in [6, 6.07) is 3.20. The summed E-state index contributed by atoms with van der Waals surface area (Å²) in [5.41, 5.74) is -3.67. The van der Waals surface area contributed by atoms with E-state index in [2.05, 4.69) is 4.90 Å². The Hall–Kier alpha value is -2.08. The summed E-state index contributed by atoms with van der Waals surface area (Å²) in [6.45, 7) is 8.25. The molecule has 6 aliphatic rings. The van der Waals surface area contributed by atoms with Crippen molar-refractivity contribution in [3.8, 4) is 5.75 Å². The molecule has 1 amide bonds. The van der Waals surface area contributed by atoms with Gasteiger partial charge in [-0.2, -0.15) is 0 Å². The number of anilines is 1. The van der Waals surface area contributed by atoms with Crippen molar-refractivity contribution in [2.24, 2.45) is 11.3 Å². The van der Waals surface area contributed by atoms with Crippen LogP contribution in [0.5, 0.6) is 5.75 Å². The monoisotopic (exact) mass is 484 g/mol. The third-order valence-electron chi connectivity index (χ3n) is 10.6. The number of carbonyl (C=O) groups is 2. The Bertz CT molecular complexity index is 1210. The van der Waals surface area contributed by atoms with E-state index >= 15 is 0 Å². The van der Waals surface area contributed by atoms with Crippen LogP contribution in [0.1, 0.15) is 56.5 Å². The van der Waals surface area contributed by atoms with Gasteiger partial charge in [-0.3, -0.25) is 19.7 Å². The molecule has 35 heavy (non-hydrogen) atoms. The van der Waals surface area contributed by atoms with Crippen molar-refractivity contribution in [1.82, 2.24) is 10.1 Å². The van der Waals surface area contributed by atoms with E-state index in [4.69, 9.17) is 4.74 Å². The topological polar surface area (TPSA) is 140 Å². The molecule has 1 saturated carbocycles. The number of hydrogen-bond acceptors (Lipinski definition) is 9. The zero-order valence-corrected chi connectivity index (χ0v) is 20.2. The van der Waals surface area contributed by atoms with Crippen LogP contribution in [0.15, 0.2) is 12.1 Å². The second-order valence-corrected chi connectivity index (χ2v) is 12.5. The van der Waals surface area contributed by atoms with Gasteiger partial charge in [-0.15, -0.1) is 0 Å². The van der Waals surface area contributed by atoms with Crippen LogP contribution in [0.25, 0.3) is 0 Å². The van der Waals surface area contributed by atoms with Gasteiger partial charge in [-0.25, -0.2) is 0 Å². The number of epoxide rings is 1. The van der Waals surface area contributed by atoms with Crippen LogP contribution >= 0.6 is 0 Å². The summed E-state index contributed by atoms with van der Waals surface area (Å²) in [5, 5.41) is 45.2. The fourth-order valence-electron chi connectivity index (χ4n) is 8.73. The van der Waals surface area contributed by atoms with Crippen LogP contribution in [0, 0.1) is 16.5 Å². The largest absolute Gasteiger partial charge is 0.762 e. The van der Waals surface area contributed by atoms with Crippen molar-refractivity contribution < 1.29 is 29.7 Å². The number of phenolic OH excluding ortho intramolecular Hbond substituents is 1. The fourth-order valence-corrected chi connectivity index (χ4v) is 8.73. The molecule has 0 radical (unpaired) electrons. The Morgan fingerprint density at radius 1 is 1.20 bits per heavy atom. The second kappa shape index (κ2) is 6.07. The standard InChI is InChI=1S/C25H30N3O7/c1-22(2)15-7-12-19-14(35-19)8-26(12)10-24(15,28(33)34)9-25(22)11-5-6-13(29)16-17(11)27(21(25)32)23(3,4)20(31)18(16)30/h5-6,12,14-15,19-20,29,31,33H,7-10H2,1-4H3/q-1. The maximum absolute atomic E-state index is 14.6. The lowest BCUT2D eigenvalue weighted by atomic mass is 9.60. The molecule has 1 aliphatic carbocycles. The lowest BCUT2D eigenvalue weighted by Gasteiger charge is -2.55. The highest BCUT2D eigenvalue weighted by atomic mass is 16.8. The maximum atomic E-state index is 14.6. The van der Waals surface area contributed by atoms with Gasteiger partial charge in [0, 0.05) is 19.1 Å². The number of phenols is 1. The zero-order chi connectivity index (χ0) is 25.0. The molecule has 4 fully saturated rings. The molecule has 1 aromatic rings. The molecule has 3 N–H and O–H groups in total. The molecule has 7 atom stereocenters. The highest BCUT2D eigenvalue weighted by Gasteiger charge is 2.77. The average molecular weight is 485 g/mol. The molecule has 10 nitrogen and oxygen atoms in total. The van der Waals surface area contributed by atoms with Gasteiger partial charge < -0.3 is 30.3 Å². The van der Waals surface area contributed by atoms with Crippen molar-refractivity contribution in [3.05, 3.63) is 28.5 Å². The van der Waals surface area contributed by atoms with Crippen molar-refractivity contribution in [2.75, 3.05) is 18.0 Å². The molecule has 1 spiro atoms. The Morgan fingerprint density at radius 3 is 2.60 bits per heavy atom. The fraction of sp³-hybridized carbons (Fsp3) is 0.680. The molecule has 3 saturated heterocycles. The number of hydroxylamine groups is 2. The summed E-state index contributed by atoms with van der Waals surface area (Å²) in [5.74, 6) is -1.55. The van der Waals surface area contributed by atoms with Gasteiger partial charge in [0.25, 0.3) is 0 Å². The number of aliphatic hydroxyl groups is 1. The minimum atomic E-state index is -1.51. The van der Waals surface area contributed by atoms with E-state index in [-0.39, 0.29) is 53.0 Å². The summed E-state index contributed by atoms with van der Waals surface area (Å²) >= 11 is 0. The van der Waals surface area contributed by atoms with Crippen LogP contribution in [-0.4, -0.2) is 85.8 Å². The molecule has 0 bridgehead atoms. The predicted molar refractivity (Wildman–Crippen MR) is 122 cm³/mol. The quantitative estimate of drug-likeness (QED) is 0.395. The Kier molecular flexibility index (Phi) is 3.84. The Labute approximate surface area is 202 Å². The van der Waals surface area contributed by atoms with Crippen LogP contribution in [0.3, 0.4) is 0 Å². The van der Waals surface area contributed by atoms with Crippen LogP contribution in [-0.2, 0) is 14.9 Å². The third kappa shape index (κ3) is 2.16. The number of aromatic hydroxyl groups is 1. The molecule has 5 heterocycles. The highest BCUT2D eigenvalue weighted by molar-refractivity contribution is 6.21. The van der Waals surface area contributed by atoms with E-state index < -0.39 is 33.8 Å². The number of fused-ring (bicyclic) bond motifs is 5. The van der Waals surface area contributed by atoms with Gasteiger partial charge in [0.1, 0.15) is 18.0 Å². The van der Waals surface area contributed by atoms with E-state index in [1.165, 1.54) is 11.0 Å². The molecule has 7 rings (SSSR count). The SMILES string of the molecule is CC1(C)C(O)C(=O)c2c(O)ccc3c2N1C(=O)C31CC2(N([O-])O)CN3CC4OC4C3CC2C1(C)C. The molecule has 7 unspecified atom stereocenters. The van der Waals surface area contributed by atoms with Gasteiger partial charge in [0.05, 0.1) is 33.8 Å². The Balaban J connectivity index is 1.47. The molecule has 5 aliphatic heterocycles. The molecule has 0 aromatic heterocycles. The first-order chi connectivity index (χ1) is 16.3. The number of rotatable bonds is 1. The van der Waals surface area contributed by atoms with Crippen molar-refractivity contribution in [2.45, 2.75) is 81.4 Å². The summed E-state index contributed by atoms with van der Waals surface area (Å²) in [6.07, 6.45) is -0.541. The summed E-state index contributed by atoms with van der Waals surface area (Å²) in [4.78, 5) is 31.5. The highest BCUT2D eigenvalue weighted by Crippen LogP contribution is 2.71. The number of Topliss-reactive ketones (excluding diaryl/α,β-unsaturated/α-hetero) is 1. The van der Waals surface area contributed by atoms with E-state index in [1.807, 2.05) is 13.8 Å². The van der Waals surface area contributed by atoms with Gasteiger partial charge in [0.2, 0.25) is 5.91 Å². The number of carbonyl (C=O) groups excluding carboxylic acids is 2. The zero-order valence-electron chi connectivity index (χ0n) is 20.2. The van der Waals surface area contributed by atoms with Gasteiger partial charge in [-0.05, 0) is 49.7 Å². The number of morpholine rings is 1. The van der Waals surface area contributed by atoms with Crippen LogP contribution in [0.4, 0.5) is 5.69 Å². The van der Waals surface area contributed by atoms with Gasteiger partial charge >= 0.3 is 0 Å². The average Bonchev–Trinajstić information content (AvgIpc) is 3.30. The minimum absolute atomic E-state index is 0.0582. The first-order valence-corrected chi connectivity index (χ1v) is 12.3. The number of piperidine rings is 1. The van der Waals surface area contributed by atoms with Gasteiger partial charge in [-0.1, -0.05) is 19.9 Å². The first kappa shape index (κ1) is 22.1. The van der Waals surface area contributed by atoms with Crippen LogP contribution < -0.4 is 4.90 Å². The van der Waals surface area contributed by atoms with E-state index in [0.717, 1.165) is 0 Å². The van der Waals surface area contributed by atoms with E-state index in [9.17, 15) is 30.2 Å². The maximum Gasteiger partial charge on any atom is 0.238 e. The van der Waals surface area contributed by atoms with Crippen LogP contribution in [0.2, 0.25) is 0 Å². The molecule has 10 heteroatoms. The number of hydrogen-bond donors (Lipinski definition) is 3. The number of ketones is 1. The van der Waals surface area contributed by atoms with E-state index in [0.29, 0.717) is 30.8 Å². The second-order valence-electron chi connectivity index (χ2n) is 12.5. The van der Waals surface area contributed by atoms with Gasteiger partial charge in [0.15, 0.2) is 5.78 Å². The number of nitrogens with zero attached hydrogens (tertiary/aromatic N) is 3. The molecular weight excluding hydrogens is 454 g/mol.